The van der Waals surface area contributed by atoms with Crippen LogP contribution in [0.2, 0.25) is 0 Å². The van der Waals surface area contributed by atoms with E-state index in [9.17, 15) is 0 Å². The maximum absolute atomic E-state index is 8.92. The van der Waals surface area contributed by atoms with Crippen molar-refractivity contribution >= 4 is 17.8 Å². The SMILES string of the molecule is CCN1/C(=C\C=N)C(C)(Cc2cccc(OC)c2)c2cc(OC)ccc21.COCCOc1cccc(C(=N)O)c1.[Co]. The summed E-state index contributed by atoms with van der Waals surface area (Å²) in [5.41, 5.74) is 4.96. The first kappa shape index (κ1) is 33.4. The number of fused-ring (bicyclic) bond motifs is 1. The molecule has 1 unspecified atom stereocenters. The molecule has 1 radical (unpaired) electrons. The molecule has 9 heteroatoms. The number of hydrogen-bond acceptors (Lipinski definition) is 7. The molecule has 1 atom stereocenters. The van der Waals surface area contributed by atoms with Crippen molar-refractivity contribution in [1.29, 1.82) is 10.8 Å². The van der Waals surface area contributed by atoms with Gasteiger partial charge in [0.25, 0.3) is 0 Å². The zero-order valence-electron chi connectivity index (χ0n) is 24.2. The van der Waals surface area contributed by atoms with Crippen LogP contribution in [0.1, 0.15) is 30.5 Å². The van der Waals surface area contributed by atoms with Crippen molar-refractivity contribution in [2.45, 2.75) is 25.7 Å². The molecular formula is C32H39CoN3O5. The maximum Gasteiger partial charge on any atom is 0.210 e. The summed E-state index contributed by atoms with van der Waals surface area (Å²) >= 11 is 0. The minimum atomic E-state index is -0.456. The zero-order chi connectivity index (χ0) is 29.1. The fourth-order valence-corrected chi connectivity index (χ4v) is 4.93. The van der Waals surface area contributed by atoms with Crippen LogP contribution in [0.3, 0.4) is 0 Å². The Hall–Kier alpha value is -3.79. The van der Waals surface area contributed by atoms with Gasteiger partial charge in [-0.25, -0.2) is 0 Å². The van der Waals surface area contributed by atoms with Crippen LogP contribution in [0.5, 0.6) is 17.2 Å². The summed E-state index contributed by atoms with van der Waals surface area (Å²) in [6, 6.07) is 21.2. The number of allylic oxidation sites excluding steroid dienone is 2. The van der Waals surface area contributed by atoms with E-state index in [1.807, 2.05) is 24.3 Å². The first-order valence-corrected chi connectivity index (χ1v) is 13.1. The van der Waals surface area contributed by atoms with Gasteiger partial charge in [-0.3, -0.25) is 5.41 Å². The van der Waals surface area contributed by atoms with Crippen molar-refractivity contribution in [3.05, 3.63) is 95.2 Å². The molecule has 0 amide bonds. The van der Waals surface area contributed by atoms with Gasteiger partial charge in [0.15, 0.2) is 0 Å². The summed E-state index contributed by atoms with van der Waals surface area (Å²) < 4.78 is 21.0. The number of rotatable bonds is 11. The summed E-state index contributed by atoms with van der Waals surface area (Å²) in [7, 11) is 4.99. The number of methoxy groups -OCH3 is 3. The Balaban J connectivity index is 0.000000334. The van der Waals surface area contributed by atoms with E-state index in [-0.39, 0.29) is 22.2 Å². The molecule has 3 N–H and O–H groups in total. The number of nitrogens with one attached hydrogen (secondary N) is 2. The molecule has 221 valence electrons. The molecule has 0 saturated heterocycles. The quantitative estimate of drug-likeness (QED) is 0.137. The zero-order valence-corrected chi connectivity index (χ0v) is 25.2. The molecular weight excluding hydrogens is 565 g/mol. The predicted molar refractivity (Wildman–Crippen MR) is 160 cm³/mol. The molecule has 0 saturated carbocycles. The Labute approximate surface area is 253 Å². The predicted octanol–water partition coefficient (Wildman–Crippen LogP) is 6.17. The van der Waals surface area contributed by atoms with Crippen molar-refractivity contribution in [2.75, 3.05) is 46.0 Å². The number of aliphatic hydroxyl groups is 1. The van der Waals surface area contributed by atoms with Crippen molar-refractivity contribution in [3.63, 3.8) is 0 Å². The van der Waals surface area contributed by atoms with E-state index in [0.29, 0.717) is 24.5 Å². The topological polar surface area (TPSA) is 108 Å². The third-order valence-electron chi connectivity index (χ3n) is 6.86. The van der Waals surface area contributed by atoms with Gasteiger partial charge in [-0.1, -0.05) is 18.2 Å². The van der Waals surface area contributed by atoms with Crippen molar-refractivity contribution in [2.24, 2.45) is 0 Å². The smallest absolute Gasteiger partial charge is 0.210 e. The molecule has 0 bridgehead atoms. The van der Waals surface area contributed by atoms with Crippen LogP contribution in [-0.4, -0.2) is 58.3 Å². The standard InChI is InChI=1S/C22H26N2O2.C10H13NO3.Co/c1-5-24-20-10-9-18(26-4)14-19(20)22(2,21(24)11-12-23)15-16-7-6-8-17(13-16)25-3;1-13-5-6-14-9-4-2-3-8(7-9)10(11)12;/h6-14,23H,5,15H2,1-4H3;2-4,7H,5-6H2,1H3,(H2,11,12);/b21-11-,23-12?;;. The second-order valence-corrected chi connectivity index (χ2v) is 9.42. The van der Waals surface area contributed by atoms with Crippen LogP contribution >= 0.6 is 0 Å². The molecule has 1 heterocycles. The molecule has 1 aliphatic heterocycles. The number of benzene rings is 3. The van der Waals surface area contributed by atoms with Crippen LogP contribution in [-0.2, 0) is 33.4 Å². The Morgan fingerprint density at radius 3 is 2.24 bits per heavy atom. The van der Waals surface area contributed by atoms with Crippen LogP contribution in [0.4, 0.5) is 5.69 Å². The van der Waals surface area contributed by atoms with Gasteiger partial charge >= 0.3 is 0 Å². The Morgan fingerprint density at radius 2 is 1.61 bits per heavy atom. The van der Waals surface area contributed by atoms with E-state index < -0.39 is 5.90 Å². The van der Waals surface area contributed by atoms with Crippen LogP contribution in [0.15, 0.2) is 78.5 Å². The van der Waals surface area contributed by atoms with Gasteiger partial charge < -0.3 is 34.4 Å². The van der Waals surface area contributed by atoms with Gasteiger partial charge in [-0.05, 0) is 86.0 Å². The summed E-state index contributed by atoms with van der Waals surface area (Å²) in [5, 5.41) is 23.6. The molecule has 0 spiro atoms. The second-order valence-electron chi connectivity index (χ2n) is 9.42. The Morgan fingerprint density at radius 1 is 0.927 bits per heavy atom. The number of ether oxygens (including phenoxy) is 4. The van der Waals surface area contributed by atoms with Crippen LogP contribution in [0, 0.1) is 10.8 Å². The van der Waals surface area contributed by atoms with Gasteiger partial charge in [0.2, 0.25) is 5.90 Å². The molecule has 41 heavy (non-hydrogen) atoms. The normalized spacial score (nSPS) is 16.1. The third kappa shape index (κ3) is 8.13. The molecule has 0 aliphatic carbocycles. The molecule has 0 aromatic heterocycles. The first-order chi connectivity index (χ1) is 19.3. The van der Waals surface area contributed by atoms with E-state index in [0.717, 1.165) is 30.2 Å². The largest absolute Gasteiger partial charge is 0.497 e. The monoisotopic (exact) mass is 604 g/mol. The molecule has 3 aromatic rings. The minimum absolute atomic E-state index is 0. The minimum Gasteiger partial charge on any atom is -0.497 e. The van der Waals surface area contributed by atoms with E-state index in [1.165, 1.54) is 23.0 Å². The van der Waals surface area contributed by atoms with Gasteiger partial charge in [-0.15, -0.1) is 0 Å². The van der Waals surface area contributed by atoms with Crippen molar-refractivity contribution in [3.8, 4) is 17.2 Å². The number of hydrogen-bond donors (Lipinski definition) is 3. The van der Waals surface area contributed by atoms with Crippen molar-refractivity contribution in [1.82, 2.24) is 0 Å². The fraction of sp³-hybridized carbons (Fsp3) is 0.312. The molecule has 4 rings (SSSR count). The van der Waals surface area contributed by atoms with Crippen molar-refractivity contribution < 1.29 is 40.8 Å². The first-order valence-electron chi connectivity index (χ1n) is 13.1. The van der Waals surface area contributed by atoms with Gasteiger partial charge in [0.1, 0.15) is 23.9 Å². The van der Waals surface area contributed by atoms with Gasteiger partial charge in [-0.2, -0.15) is 0 Å². The van der Waals surface area contributed by atoms with E-state index in [1.54, 1.807) is 45.6 Å². The number of aliphatic hydroxyl groups excluding tert-OH is 1. The van der Waals surface area contributed by atoms with Crippen LogP contribution < -0.4 is 19.1 Å². The molecule has 8 nitrogen and oxygen atoms in total. The van der Waals surface area contributed by atoms with E-state index >= 15 is 0 Å². The molecule has 1 aliphatic rings. The molecule has 0 fully saturated rings. The van der Waals surface area contributed by atoms with Crippen LogP contribution in [0.25, 0.3) is 0 Å². The van der Waals surface area contributed by atoms with E-state index in [2.05, 4.69) is 43.0 Å². The van der Waals surface area contributed by atoms with E-state index in [4.69, 9.17) is 34.9 Å². The number of nitrogens with zero attached hydrogens (tertiary/aromatic N) is 1. The Kier molecular flexibility index (Phi) is 12.9. The number of anilines is 1. The maximum atomic E-state index is 8.92. The molecule has 3 aromatic carbocycles. The number of likely N-dealkylation sites (N-methyl/N-ethyl adjacent to an activating group) is 1. The summed E-state index contributed by atoms with van der Waals surface area (Å²) in [4.78, 5) is 2.29. The average molecular weight is 605 g/mol. The summed E-state index contributed by atoms with van der Waals surface area (Å²) in [5.74, 6) is 1.88. The Bertz CT molecular complexity index is 1350. The third-order valence-corrected chi connectivity index (χ3v) is 6.86. The summed E-state index contributed by atoms with van der Waals surface area (Å²) in [6.45, 7) is 6.21. The average Bonchev–Trinajstić information content (AvgIpc) is 3.20. The summed E-state index contributed by atoms with van der Waals surface area (Å²) in [6.07, 6.45) is 4.11. The fourth-order valence-electron chi connectivity index (χ4n) is 4.93. The van der Waals surface area contributed by atoms with Gasteiger partial charge in [0.05, 0.1) is 20.8 Å². The van der Waals surface area contributed by atoms with Gasteiger partial charge in [0, 0.05) is 59.0 Å². The second kappa shape index (κ2) is 15.9.